The van der Waals surface area contributed by atoms with Crippen molar-refractivity contribution in [2.45, 2.75) is 255 Å². The van der Waals surface area contributed by atoms with Gasteiger partial charge in [-0.1, -0.05) is 65.5 Å². The van der Waals surface area contributed by atoms with Crippen LogP contribution in [0.15, 0.2) is 67.9 Å². The SMILES string of the molecule is CC(=O)O[C@@H](COCc1cn(C[C@H](COCc2cn(C[C@H](COCc3cn(C[C@H](COCc4cn(C[C@H](COCc5cn(C[C@H](COCc6cn(C[C@H](COCc7cn(C[C@H](COCc8cn(CCOCCOCCOCCO)nn8)OC(C)=O)nn7)OC(C)=O)nn6)OC(C)=O)nn5)OC(C)=O)nn4)OC(C)=O)nn3)OC(C)=O)nn2)OC(C)=O)nn1)Cn1cc(CNC(=O)CCCCCN2C(=O)C3C4C=CC(C4)C3C2=O)nn1. The van der Waals surface area contributed by atoms with Crippen LogP contribution in [0.25, 0.3) is 0 Å². The number of aliphatic hydroxyl groups is 1. The number of nitrogens with zero attached hydrogens (tertiary/aromatic N) is 28. The molecule has 150 heavy (non-hydrogen) atoms. The van der Waals surface area contributed by atoms with Crippen LogP contribution in [0.1, 0.15) is 139 Å². The maximum Gasteiger partial charge on any atom is 0.303 e. The maximum absolute atomic E-state index is 13.0. The molecule has 3 aliphatic rings. The van der Waals surface area contributed by atoms with Crippen molar-refractivity contribution in [1.82, 2.24) is 145 Å². The van der Waals surface area contributed by atoms with Gasteiger partial charge in [-0.3, -0.25) is 57.6 Å². The third-order valence-electron chi connectivity index (χ3n) is 22.2. The maximum atomic E-state index is 13.0. The first-order valence-electron chi connectivity index (χ1n) is 48.6. The summed E-state index contributed by atoms with van der Waals surface area (Å²) in [5, 5.41) is 86.5. The van der Waals surface area contributed by atoms with E-state index in [4.69, 9.17) is 95.1 Å². The van der Waals surface area contributed by atoms with Crippen molar-refractivity contribution in [3.8, 4) is 0 Å². The van der Waals surface area contributed by atoms with E-state index in [0.717, 1.165) is 6.42 Å². The van der Waals surface area contributed by atoms with E-state index in [-0.39, 0.29) is 226 Å². The second kappa shape index (κ2) is 60.5. The Balaban J connectivity index is 0.499. The molecule has 9 aromatic rings. The first-order valence-corrected chi connectivity index (χ1v) is 48.6. The van der Waals surface area contributed by atoms with E-state index in [9.17, 15) is 52.7 Å². The lowest BCUT2D eigenvalue weighted by Crippen LogP contribution is -2.33. The second-order valence-corrected chi connectivity index (χ2v) is 35.4. The molecule has 4 unspecified atom stereocenters. The highest BCUT2D eigenvalue weighted by Crippen LogP contribution is 2.52. The third kappa shape index (κ3) is 40.7. The van der Waals surface area contributed by atoms with Crippen molar-refractivity contribution in [3.63, 3.8) is 0 Å². The van der Waals surface area contributed by atoms with E-state index in [1.54, 1.807) is 60.5 Å². The molecule has 0 spiro atoms. The Morgan fingerprint density at radius 3 is 0.773 bits per heavy atom. The molecule has 60 nitrogen and oxygen atoms in total. The number of rotatable bonds is 75. The largest absolute Gasteiger partial charge is 0.458 e. The summed E-state index contributed by atoms with van der Waals surface area (Å²) in [5.41, 5.74) is 3.85. The van der Waals surface area contributed by atoms with Gasteiger partial charge in [0.05, 0.1) is 285 Å². The number of imide groups is 1. The number of allylic oxidation sites excluding steroid dienone is 2. The molecule has 818 valence electrons. The molecule has 2 aliphatic carbocycles. The molecule has 9 aromatic heterocycles. The number of ether oxygens (including phenoxy) is 19. The summed E-state index contributed by atoms with van der Waals surface area (Å²) in [4.78, 5) is 138. The fourth-order valence-corrected chi connectivity index (χ4v) is 16.3. The van der Waals surface area contributed by atoms with E-state index >= 15 is 0 Å². The number of aliphatic hydroxyl groups excluding tert-OH is 1. The summed E-state index contributed by atoms with van der Waals surface area (Å²) in [6.07, 6.45) is 15.2. The summed E-state index contributed by atoms with van der Waals surface area (Å²) in [6, 6.07) is 0. The molecule has 2 N–H and O–H groups in total. The Hall–Kier alpha value is -14.1. The summed E-state index contributed by atoms with van der Waals surface area (Å²) in [5.74, 6) is -4.94. The summed E-state index contributed by atoms with van der Waals surface area (Å²) in [7, 11) is 0. The first kappa shape index (κ1) is 115. The van der Waals surface area contributed by atoms with Gasteiger partial charge >= 0.3 is 47.8 Å². The minimum Gasteiger partial charge on any atom is -0.458 e. The molecule has 1 saturated carbocycles. The minimum absolute atomic E-state index is 0.0120. The van der Waals surface area contributed by atoms with Crippen molar-refractivity contribution in [2.75, 3.05) is 106 Å². The second-order valence-electron chi connectivity index (χ2n) is 35.4. The predicted octanol–water partition coefficient (Wildman–Crippen LogP) is -1.78. The smallest absolute Gasteiger partial charge is 0.303 e. The van der Waals surface area contributed by atoms with Gasteiger partial charge in [-0.15, -0.1) is 45.9 Å². The zero-order chi connectivity index (χ0) is 106. The van der Waals surface area contributed by atoms with Crippen LogP contribution in [0.2, 0.25) is 0 Å². The molecule has 0 radical (unpaired) electrons. The van der Waals surface area contributed by atoms with E-state index in [1.165, 1.54) is 97.7 Å². The van der Waals surface area contributed by atoms with Crippen molar-refractivity contribution in [2.24, 2.45) is 23.7 Å². The fraction of sp³-hybridized carbons (Fsp3) is 0.656. The summed E-state index contributed by atoms with van der Waals surface area (Å²) in [6.45, 7) is 12.8. The van der Waals surface area contributed by atoms with Crippen LogP contribution in [0.4, 0.5) is 0 Å². The zero-order valence-corrected chi connectivity index (χ0v) is 84.6. The lowest BCUT2D eigenvalue weighted by Gasteiger charge is -2.17. The van der Waals surface area contributed by atoms with E-state index in [2.05, 4.69) is 110 Å². The number of likely N-dealkylation sites (tertiary alicyclic amines) is 1. The highest BCUT2D eigenvalue weighted by Gasteiger charge is 2.59. The van der Waals surface area contributed by atoms with E-state index < -0.39 is 96.6 Å². The molecule has 60 heteroatoms. The van der Waals surface area contributed by atoms with Crippen molar-refractivity contribution < 1.29 is 148 Å². The predicted molar refractivity (Wildman–Crippen MR) is 496 cm³/mol. The van der Waals surface area contributed by atoms with Crippen molar-refractivity contribution in [1.29, 1.82) is 0 Å². The van der Waals surface area contributed by atoms with Crippen LogP contribution >= 0.6 is 0 Å². The topological polar surface area (TPSA) is 675 Å². The third-order valence-corrected chi connectivity index (χ3v) is 22.2. The van der Waals surface area contributed by atoms with Crippen LogP contribution in [0, 0.1) is 23.7 Å². The van der Waals surface area contributed by atoms with Gasteiger partial charge in [0.2, 0.25) is 17.7 Å². The number of unbranched alkanes of at least 4 members (excludes halogenated alkanes) is 2. The average molecular weight is 2110 g/mol. The number of nitrogens with one attached hydrogen (secondary N) is 1. The molecule has 1 aliphatic heterocycles. The molecule has 12 atom stereocenters. The van der Waals surface area contributed by atoms with Crippen LogP contribution in [-0.2, 0) is 261 Å². The van der Waals surface area contributed by atoms with Gasteiger partial charge in [-0.2, -0.15) is 0 Å². The number of amides is 3. The Morgan fingerprint density at radius 2 is 0.520 bits per heavy atom. The van der Waals surface area contributed by atoms with Gasteiger partial charge in [0.15, 0.2) is 0 Å². The Labute approximate surface area is 858 Å². The molecular formula is C90H127N29O31. The van der Waals surface area contributed by atoms with Crippen LogP contribution in [-0.4, -0.2) is 365 Å². The van der Waals surface area contributed by atoms with Gasteiger partial charge in [-0.25, -0.2) is 42.1 Å². The van der Waals surface area contributed by atoms with Gasteiger partial charge in [-0.05, 0) is 31.1 Å². The number of carbonyl (C=O) groups excluding carboxylic acids is 11. The number of fused-ring (bicyclic) bond motifs is 5. The van der Waals surface area contributed by atoms with Crippen molar-refractivity contribution >= 4 is 65.5 Å². The Kier molecular flexibility index (Phi) is 46.2. The summed E-state index contributed by atoms with van der Waals surface area (Å²) >= 11 is 0. The van der Waals surface area contributed by atoms with Gasteiger partial charge in [0.25, 0.3) is 0 Å². The fourth-order valence-electron chi connectivity index (χ4n) is 16.3. The lowest BCUT2D eigenvalue weighted by molar-refractivity contribution is -0.151. The van der Waals surface area contributed by atoms with E-state index in [1.807, 2.05) is 0 Å². The van der Waals surface area contributed by atoms with E-state index in [0.29, 0.717) is 117 Å². The minimum atomic E-state index is -0.839. The van der Waals surface area contributed by atoms with Crippen LogP contribution < -0.4 is 5.32 Å². The molecular weight excluding hydrogens is 1980 g/mol. The number of esters is 8. The molecule has 2 bridgehead atoms. The highest BCUT2D eigenvalue weighted by atomic mass is 16.6. The number of aromatic nitrogens is 27. The van der Waals surface area contributed by atoms with Crippen LogP contribution in [0.3, 0.4) is 0 Å². The zero-order valence-electron chi connectivity index (χ0n) is 84.6. The molecule has 3 amide bonds. The molecule has 10 heterocycles. The van der Waals surface area contributed by atoms with Gasteiger partial charge < -0.3 is 100 Å². The monoisotopic (exact) mass is 2110 g/mol. The Bertz CT molecular complexity index is 5720. The standard InChI is InChI=1S/C90H127N29O31/c1-59(121)143-78(35-111-26-69(92-102-111)25-91-86(129)12-10-9-11-15-119-89(130)87-67-13-14-68(24-67)88(87)90(119)131)51-136-44-71-28-113(104-94-71)37-80(145-61(3)123)53-138-46-73-30-115(106-96-73)39-82(147-63(5)125)55-140-48-75-32-117(108-98-75)41-84(149-65(7)127)57-142-50-77-34-118(109-100-77)42-85(150-66(8)128)58-141-49-76-33-116(107-99-76)40-83(148-64(6)126)56-139-47-74-31-114(105-97-74)38-81(146-62(4)124)54-137-45-72-29-112(103-95-72)36-79(144-60(2)122)52-135-43-70-27-110(101-93-70)16-18-132-20-22-134-23-21-133-19-17-120/h13-14,26-34,67-68,78-85,87-88,120H,9-12,15-25,35-58H2,1-8H3,(H,91,129)/t67?,68?,78-,79-,80-,81-,82-,83-,84-,85-,87?,88?/m1/s1. The lowest BCUT2D eigenvalue weighted by atomic mass is 9.85. The summed E-state index contributed by atoms with van der Waals surface area (Å²) < 4.78 is 121. The highest BCUT2D eigenvalue weighted by molar-refractivity contribution is 6.06. The number of carbonyl (C=O) groups is 11. The van der Waals surface area contributed by atoms with Crippen LogP contribution in [0.5, 0.6) is 0 Å². The molecule has 0 aromatic carbocycles. The van der Waals surface area contributed by atoms with Gasteiger partial charge in [0, 0.05) is 68.4 Å². The Morgan fingerprint density at radius 1 is 0.293 bits per heavy atom. The number of hydrogen-bond donors (Lipinski definition) is 2. The van der Waals surface area contributed by atoms with Gasteiger partial charge in [0.1, 0.15) is 100 Å². The first-order chi connectivity index (χ1) is 72.5. The molecule has 12 rings (SSSR count). The normalized spacial score (nSPS) is 16.3. The molecule has 1 saturated heterocycles. The molecule has 2 fully saturated rings. The number of hydrogen-bond acceptors (Lipinski definition) is 49. The quantitative estimate of drug-likeness (QED) is 0.0140. The van der Waals surface area contributed by atoms with Crippen molar-refractivity contribution in [3.05, 3.63) is 119 Å². The average Bonchev–Trinajstić information content (AvgIpc) is 1.57.